The van der Waals surface area contributed by atoms with E-state index in [0.717, 1.165) is 27.7 Å². The molecule has 0 unspecified atom stereocenters. The highest BCUT2D eigenvalue weighted by Gasteiger charge is 2.17. The van der Waals surface area contributed by atoms with Gasteiger partial charge in [-0.15, -0.1) is 0 Å². The molecule has 0 bridgehead atoms. The fraction of sp³-hybridized carbons (Fsp3) is 0.118. The van der Waals surface area contributed by atoms with E-state index in [2.05, 4.69) is 37.0 Å². The summed E-state index contributed by atoms with van der Waals surface area (Å²) in [6.45, 7) is 4.15. The van der Waals surface area contributed by atoms with Crippen molar-refractivity contribution in [3.05, 3.63) is 58.1 Å². The first kappa shape index (κ1) is 14.1. The van der Waals surface area contributed by atoms with E-state index in [4.69, 9.17) is 29.6 Å². The quantitative estimate of drug-likeness (QED) is 0.671. The van der Waals surface area contributed by atoms with Crippen LogP contribution in [0.15, 0.2) is 36.4 Å². The predicted octanol–water partition coefficient (Wildman–Crippen LogP) is 4.74. The van der Waals surface area contributed by atoms with E-state index in [9.17, 15) is 0 Å². The van der Waals surface area contributed by atoms with E-state index in [0.29, 0.717) is 10.0 Å². The lowest BCUT2D eigenvalue weighted by Gasteiger charge is -2.08. The number of aromatic nitrogens is 1. The van der Waals surface area contributed by atoms with E-state index in [1.54, 1.807) is 0 Å². The Kier molecular flexibility index (Phi) is 3.47. The number of H-pyrrole nitrogens is 1. The molecule has 1 heterocycles. The van der Waals surface area contributed by atoms with Crippen LogP contribution >= 0.6 is 23.8 Å². The number of hydrogen-bond acceptors (Lipinski definition) is 1. The molecule has 21 heavy (non-hydrogen) atoms. The molecule has 0 saturated heterocycles. The van der Waals surface area contributed by atoms with E-state index in [-0.39, 0.29) is 0 Å². The Labute approximate surface area is 133 Å². The van der Waals surface area contributed by atoms with Gasteiger partial charge in [0.05, 0.1) is 5.69 Å². The second-order valence-electron chi connectivity index (χ2n) is 5.25. The monoisotopic (exact) mass is 314 g/mol. The molecule has 0 aliphatic heterocycles. The number of benzene rings is 2. The summed E-state index contributed by atoms with van der Waals surface area (Å²) >= 11 is 11.4. The smallest absolute Gasteiger partial charge is 0.106 e. The molecule has 2 nitrogen and oxygen atoms in total. The number of fused-ring (bicyclic) bond motifs is 1. The van der Waals surface area contributed by atoms with Crippen molar-refractivity contribution in [1.82, 2.24) is 4.98 Å². The maximum atomic E-state index is 6.11. The first-order valence-electron chi connectivity index (χ1n) is 6.66. The minimum Gasteiger partial charge on any atom is -0.389 e. The summed E-state index contributed by atoms with van der Waals surface area (Å²) < 4.78 is 0. The first-order valence-corrected chi connectivity index (χ1v) is 7.44. The highest BCUT2D eigenvalue weighted by molar-refractivity contribution is 7.80. The Morgan fingerprint density at radius 2 is 1.90 bits per heavy atom. The van der Waals surface area contributed by atoms with Crippen molar-refractivity contribution < 1.29 is 0 Å². The van der Waals surface area contributed by atoms with Gasteiger partial charge in [0.1, 0.15) is 4.99 Å². The molecule has 3 aromatic rings. The van der Waals surface area contributed by atoms with E-state index in [1.807, 2.05) is 18.2 Å². The van der Waals surface area contributed by atoms with Crippen LogP contribution < -0.4 is 5.73 Å². The number of nitrogens with one attached hydrogen (secondary N) is 1. The number of rotatable bonds is 2. The van der Waals surface area contributed by atoms with Gasteiger partial charge < -0.3 is 10.7 Å². The van der Waals surface area contributed by atoms with Gasteiger partial charge in [-0.05, 0) is 43.7 Å². The molecule has 3 rings (SSSR count). The average Bonchev–Trinajstić information content (AvgIpc) is 2.79. The standard InChI is InChI=1S/C17H15ClN2S/c1-9-3-4-10(2)12(7-9)16-15(17(19)21)13-8-11(18)5-6-14(13)20-16/h3-8,20H,1-2H3,(H2,19,21). The summed E-state index contributed by atoms with van der Waals surface area (Å²) in [7, 11) is 0. The van der Waals surface area contributed by atoms with Crippen LogP contribution in [0.1, 0.15) is 16.7 Å². The lowest BCUT2D eigenvalue weighted by Crippen LogP contribution is -2.10. The van der Waals surface area contributed by atoms with Crippen molar-refractivity contribution in [2.45, 2.75) is 13.8 Å². The molecule has 0 atom stereocenters. The number of aromatic amines is 1. The number of thiocarbonyl (C=S) groups is 1. The fourth-order valence-corrected chi connectivity index (χ4v) is 3.01. The highest BCUT2D eigenvalue weighted by atomic mass is 35.5. The fourth-order valence-electron chi connectivity index (χ4n) is 2.63. The molecule has 106 valence electrons. The normalized spacial score (nSPS) is 11.0. The van der Waals surface area contributed by atoms with Crippen LogP contribution in [0.4, 0.5) is 0 Å². The minimum atomic E-state index is 0.374. The largest absolute Gasteiger partial charge is 0.389 e. The lowest BCUT2D eigenvalue weighted by atomic mass is 9.99. The van der Waals surface area contributed by atoms with Gasteiger partial charge in [0.15, 0.2) is 0 Å². The van der Waals surface area contributed by atoms with Gasteiger partial charge in [0, 0.05) is 27.1 Å². The Hall–Kier alpha value is -1.84. The van der Waals surface area contributed by atoms with Crippen molar-refractivity contribution >= 4 is 39.7 Å². The molecular weight excluding hydrogens is 300 g/mol. The topological polar surface area (TPSA) is 41.8 Å². The van der Waals surface area contributed by atoms with E-state index in [1.165, 1.54) is 11.1 Å². The maximum absolute atomic E-state index is 6.11. The molecule has 0 aliphatic carbocycles. The van der Waals surface area contributed by atoms with E-state index >= 15 is 0 Å². The Morgan fingerprint density at radius 1 is 1.14 bits per heavy atom. The van der Waals surface area contributed by atoms with Crippen molar-refractivity contribution in [2.75, 3.05) is 0 Å². The van der Waals surface area contributed by atoms with Crippen molar-refractivity contribution in [3.63, 3.8) is 0 Å². The molecule has 0 spiro atoms. The predicted molar refractivity (Wildman–Crippen MR) is 94.1 cm³/mol. The summed E-state index contributed by atoms with van der Waals surface area (Å²) in [5.41, 5.74) is 12.3. The Bertz CT molecular complexity index is 865. The molecule has 1 aromatic heterocycles. The lowest BCUT2D eigenvalue weighted by molar-refractivity contribution is 1.35. The van der Waals surface area contributed by atoms with Crippen molar-refractivity contribution in [2.24, 2.45) is 5.73 Å². The van der Waals surface area contributed by atoms with Gasteiger partial charge in [0.2, 0.25) is 0 Å². The minimum absolute atomic E-state index is 0.374. The molecule has 0 fully saturated rings. The van der Waals surface area contributed by atoms with Gasteiger partial charge in [-0.2, -0.15) is 0 Å². The Morgan fingerprint density at radius 3 is 2.62 bits per heavy atom. The third kappa shape index (κ3) is 2.43. The van der Waals surface area contributed by atoms with Crippen molar-refractivity contribution in [1.29, 1.82) is 0 Å². The second kappa shape index (κ2) is 5.17. The van der Waals surface area contributed by atoms with Crippen LogP contribution in [0, 0.1) is 13.8 Å². The molecule has 0 radical (unpaired) electrons. The number of aryl methyl sites for hydroxylation is 2. The molecular formula is C17H15ClN2S. The zero-order chi connectivity index (χ0) is 15.1. The third-order valence-corrected chi connectivity index (χ3v) is 4.11. The van der Waals surface area contributed by atoms with Crippen LogP contribution in [-0.4, -0.2) is 9.97 Å². The van der Waals surface area contributed by atoms with Gasteiger partial charge in [-0.1, -0.05) is 41.5 Å². The van der Waals surface area contributed by atoms with Gasteiger partial charge in [-0.3, -0.25) is 0 Å². The molecule has 2 aromatic carbocycles. The summed E-state index contributed by atoms with van der Waals surface area (Å²) in [6, 6.07) is 12.1. The van der Waals surface area contributed by atoms with Crippen LogP contribution in [-0.2, 0) is 0 Å². The molecule has 0 amide bonds. The summed E-state index contributed by atoms with van der Waals surface area (Å²) in [4.78, 5) is 3.81. The molecule has 0 saturated carbocycles. The SMILES string of the molecule is Cc1ccc(C)c(-c2[nH]c3ccc(Cl)cc3c2C(N)=S)c1. The van der Waals surface area contributed by atoms with Crippen LogP contribution in [0.2, 0.25) is 5.02 Å². The average molecular weight is 315 g/mol. The number of halogens is 1. The van der Waals surface area contributed by atoms with E-state index < -0.39 is 0 Å². The maximum Gasteiger partial charge on any atom is 0.106 e. The summed E-state index contributed by atoms with van der Waals surface area (Å²) in [5.74, 6) is 0. The zero-order valence-corrected chi connectivity index (χ0v) is 13.4. The van der Waals surface area contributed by atoms with Gasteiger partial charge in [0.25, 0.3) is 0 Å². The van der Waals surface area contributed by atoms with Crippen LogP contribution in [0.5, 0.6) is 0 Å². The third-order valence-electron chi connectivity index (χ3n) is 3.67. The number of nitrogens with two attached hydrogens (primary N) is 1. The van der Waals surface area contributed by atoms with Crippen molar-refractivity contribution in [3.8, 4) is 11.3 Å². The second-order valence-corrected chi connectivity index (χ2v) is 6.12. The van der Waals surface area contributed by atoms with Crippen LogP contribution in [0.3, 0.4) is 0 Å². The van der Waals surface area contributed by atoms with Crippen LogP contribution in [0.25, 0.3) is 22.2 Å². The van der Waals surface area contributed by atoms with Gasteiger partial charge in [-0.25, -0.2) is 0 Å². The number of hydrogen-bond donors (Lipinski definition) is 2. The summed E-state index contributed by atoms with van der Waals surface area (Å²) in [6.07, 6.45) is 0. The Balaban J connectivity index is 2.39. The molecule has 0 aliphatic rings. The first-order chi connectivity index (χ1) is 9.97. The molecule has 3 N–H and O–H groups in total. The molecule has 4 heteroatoms. The summed E-state index contributed by atoms with van der Waals surface area (Å²) in [5, 5.41) is 1.64. The zero-order valence-electron chi connectivity index (χ0n) is 11.8. The highest BCUT2D eigenvalue weighted by Crippen LogP contribution is 2.33. The van der Waals surface area contributed by atoms with Gasteiger partial charge >= 0.3 is 0 Å².